The second-order valence-electron chi connectivity index (χ2n) is 5.98. The maximum absolute atomic E-state index is 6.27. The van der Waals surface area contributed by atoms with E-state index in [9.17, 15) is 0 Å². The monoisotopic (exact) mass is 311 g/mol. The van der Waals surface area contributed by atoms with Gasteiger partial charge in [0.2, 0.25) is 0 Å². The zero-order valence-electron chi connectivity index (χ0n) is 13.9. The van der Waals surface area contributed by atoms with Crippen LogP contribution in [0.4, 0.5) is 0 Å². The van der Waals surface area contributed by atoms with Gasteiger partial charge in [0.1, 0.15) is 15.3 Å². The predicted molar refractivity (Wildman–Crippen MR) is 95.1 cm³/mol. The van der Waals surface area contributed by atoms with E-state index in [2.05, 4.69) is 75.5 Å². The molecule has 0 amide bonds. The molecular weight excluding hydrogens is 286 g/mol. The van der Waals surface area contributed by atoms with Gasteiger partial charge in [0, 0.05) is 6.54 Å². The number of hydrogen-bond donors (Lipinski definition) is 1. The number of ether oxygens (including phenoxy) is 1. The van der Waals surface area contributed by atoms with Crippen LogP contribution >= 0.6 is 0 Å². The largest absolute Gasteiger partial charge is 0.492 e. The van der Waals surface area contributed by atoms with Crippen molar-refractivity contribution in [2.24, 2.45) is 0 Å². The maximum Gasteiger partial charge on any atom is 0.139 e. The quantitative estimate of drug-likeness (QED) is 0.793. The van der Waals surface area contributed by atoms with Crippen molar-refractivity contribution in [2.75, 3.05) is 6.54 Å². The summed E-state index contributed by atoms with van der Waals surface area (Å²) in [5, 5.41) is 4.51. The van der Waals surface area contributed by atoms with Crippen molar-refractivity contribution in [1.82, 2.24) is 5.32 Å². The van der Waals surface area contributed by atoms with Gasteiger partial charge in [0.05, 0.1) is 5.22 Å². The summed E-state index contributed by atoms with van der Waals surface area (Å²) < 4.78 is 6.27. The van der Waals surface area contributed by atoms with Gasteiger partial charge >= 0.3 is 0 Å². The molecule has 0 heterocycles. The highest BCUT2D eigenvalue weighted by Crippen LogP contribution is 2.19. The number of nitrogens with one attached hydrogen (secondary N) is 1. The van der Waals surface area contributed by atoms with Crippen molar-refractivity contribution in [2.45, 2.75) is 39.5 Å². The van der Waals surface area contributed by atoms with Gasteiger partial charge in [-0.05, 0) is 45.0 Å². The lowest BCUT2D eigenvalue weighted by Crippen LogP contribution is -2.43. The molecule has 0 fully saturated rings. The van der Waals surface area contributed by atoms with Gasteiger partial charge < -0.3 is 10.1 Å². The average Bonchev–Trinajstić information content (AvgIpc) is 2.47. The molecule has 0 saturated heterocycles. The molecule has 2 nitrogen and oxygen atoms in total. The van der Waals surface area contributed by atoms with Crippen LogP contribution < -0.4 is 15.2 Å². The lowest BCUT2D eigenvalue weighted by molar-refractivity contribution is 0.195. The summed E-state index contributed by atoms with van der Waals surface area (Å²) >= 11 is 0. The van der Waals surface area contributed by atoms with E-state index >= 15 is 0 Å². The number of benzene rings is 2. The van der Waals surface area contributed by atoms with Gasteiger partial charge in [-0.3, -0.25) is 0 Å². The van der Waals surface area contributed by atoms with Crippen molar-refractivity contribution < 1.29 is 4.74 Å². The highest BCUT2D eigenvalue weighted by atomic mass is 28.2. The molecule has 0 saturated carbocycles. The maximum atomic E-state index is 6.27. The molecule has 1 N–H and O–H groups in total. The molecule has 3 heteroatoms. The summed E-state index contributed by atoms with van der Waals surface area (Å²) in [7, 11) is 0.615. The van der Waals surface area contributed by atoms with Gasteiger partial charge in [-0.25, -0.2) is 0 Å². The van der Waals surface area contributed by atoms with Crippen molar-refractivity contribution in [1.29, 1.82) is 0 Å². The lowest BCUT2D eigenvalue weighted by atomic mass is 10.2. The molecular formula is C19H25NOSi. The fourth-order valence-electron chi connectivity index (χ4n) is 2.35. The van der Waals surface area contributed by atoms with E-state index in [-0.39, 0.29) is 5.22 Å². The van der Waals surface area contributed by atoms with Crippen molar-refractivity contribution >= 4 is 14.7 Å². The third kappa shape index (κ3) is 5.00. The Balaban J connectivity index is 2.06. The molecule has 0 unspecified atom stereocenters. The minimum absolute atomic E-state index is 0.205. The van der Waals surface area contributed by atoms with Crippen molar-refractivity contribution in [3.63, 3.8) is 0 Å². The van der Waals surface area contributed by atoms with E-state index in [1.165, 1.54) is 16.3 Å². The molecule has 2 aromatic carbocycles. The zero-order chi connectivity index (χ0) is 16.0. The van der Waals surface area contributed by atoms with Crippen LogP contribution in [0.2, 0.25) is 0 Å². The molecule has 116 valence electrons. The first-order valence-corrected chi connectivity index (χ1v) is 8.82. The van der Waals surface area contributed by atoms with E-state index in [0.29, 0.717) is 9.52 Å². The zero-order valence-corrected chi connectivity index (χ0v) is 14.9. The molecule has 0 aliphatic carbocycles. The molecule has 0 spiro atoms. The Labute approximate surface area is 136 Å². The van der Waals surface area contributed by atoms with E-state index in [1.807, 2.05) is 6.07 Å². The first kappa shape index (κ1) is 16.8. The summed E-state index contributed by atoms with van der Waals surface area (Å²) in [4.78, 5) is 0. The van der Waals surface area contributed by atoms with Crippen LogP contribution in [0.15, 0.2) is 48.5 Å². The van der Waals surface area contributed by atoms with Gasteiger partial charge in [0.15, 0.2) is 0 Å². The summed E-state index contributed by atoms with van der Waals surface area (Å²) in [6.07, 6.45) is 0. The number of aryl methyl sites for hydroxylation is 1. The standard InChI is InChI=1S/C19H25NOSi/c1-5-20-14-16-10-8-11-17(13-16)21-19(3,4)22-18-12-7-6-9-15(18)2/h6-13,20H,5,14H2,1-4H3. The van der Waals surface area contributed by atoms with Crippen LogP contribution in [-0.2, 0) is 6.54 Å². The van der Waals surface area contributed by atoms with Gasteiger partial charge in [-0.2, -0.15) is 0 Å². The van der Waals surface area contributed by atoms with Crippen molar-refractivity contribution in [3.8, 4) is 5.75 Å². The van der Waals surface area contributed by atoms with Gasteiger partial charge in [-0.15, -0.1) is 0 Å². The van der Waals surface area contributed by atoms with E-state index < -0.39 is 0 Å². The SMILES string of the molecule is CCNCc1cccc(OC(C)(C)[Si]c2ccccc2C)c1. The molecule has 0 atom stereocenters. The van der Waals surface area contributed by atoms with E-state index in [0.717, 1.165) is 18.8 Å². The Kier molecular flexibility index (Phi) is 5.81. The first-order chi connectivity index (χ1) is 10.5. The van der Waals surface area contributed by atoms with E-state index in [4.69, 9.17) is 4.74 Å². The second-order valence-corrected chi connectivity index (χ2v) is 7.97. The van der Waals surface area contributed by atoms with Crippen LogP contribution in [0.1, 0.15) is 31.9 Å². The topological polar surface area (TPSA) is 21.3 Å². The van der Waals surface area contributed by atoms with Crippen LogP contribution in [-0.4, -0.2) is 21.3 Å². The highest BCUT2D eigenvalue weighted by Gasteiger charge is 2.22. The van der Waals surface area contributed by atoms with Crippen LogP contribution in [0.5, 0.6) is 5.75 Å². The molecule has 0 aliphatic heterocycles. The minimum Gasteiger partial charge on any atom is -0.492 e. The normalized spacial score (nSPS) is 11.5. The molecule has 2 radical (unpaired) electrons. The Morgan fingerprint density at radius 1 is 1.09 bits per heavy atom. The summed E-state index contributed by atoms with van der Waals surface area (Å²) in [5.41, 5.74) is 2.59. The van der Waals surface area contributed by atoms with Crippen LogP contribution in [0, 0.1) is 6.92 Å². The van der Waals surface area contributed by atoms with Gasteiger partial charge in [0.25, 0.3) is 0 Å². The fraction of sp³-hybridized carbons (Fsp3) is 0.368. The fourth-order valence-corrected chi connectivity index (χ4v) is 3.62. The molecule has 0 aromatic heterocycles. The predicted octanol–water partition coefficient (Wildman–Crippen LogP) is 3.25. The molecule has 0 bridgehead atoms. The van der Waals surface area contributed by atoms with E-state index in [1.54, 1.807) is 0 Å². The second kappa shape index (κ2) is 7.61. The van der Waals surface area contributed by atoms with Gasteiger partial charge in [-0.1, -0.05) is 54.1 Å². The van der Waals surface area contributed by atoms with Crippen LogP contribution in [0.3, 0.4) is 0 Å². The van der Waals surface area contributed by atoms with Crippen LogP contribution in [0.25, 0.3) is 0 Å². The molecule has 2 aromatic rings. The third-order valence-corrected chi connectivity index (χ3v) is 4.97. The molecule has 0 aliphatic rings. The number of rotatable bonds is 7. The Morgan fingerprint density at radius 3 is 2.59 bits per heavy atom. The first-order valence-electron chi connectivity index (χ1n) is 7.82. The smallest absolute Gasteiger partial charge is 0.139 e. The third-order valence-electron chi connectivity index (χ3n) is 3.43. The molecule has 2 rings (SSSR count). The summed E-state index contributed by atoms with van der Waals surface area (Å²) in [6.45, 7) is 10.5. The minimum atomic E-state index is -0.205. The lowest BCUT2D eigenvalue weighted by Gasteiger charge is -2.27. The molecule has 22 heavy (non-hydrogen) atoms. The average molecular weight is 312 g/mol. The Morgan fingerprint density at radius 2 is 1.86 bits per heavy atom. The number of hydrogen-bond acceptors (Lipinski definition) is 2. The Bertz CT molecular complexity index is 610. The Hall–Kier alpha value is -1.58. The van der Waals surface area contributed by atoms with Crippen molar-refractivity contribution in [3.05, 3.63) is 59.7 Å². The summed E-state index contributed by atoms with van der Waals surface area (Å²) in [6, 6.07) is 16.9. The summed E-state index contributed by atoms with van der Waals surface area (Å²) in [5.74, 6) is 0.946. The highest BCUT2D eigenvalue weighted by molar-refractivity contribution is 6.57.